The highest BCUT2D eigenvalue weighted by atomic mass is 79.9. The lowest BCUT2D eigenvalue weighted by Gasteiger charge is -2.09. The van der Waals surface area contributed by atoms with Gasteiger partial charge in [-0.2, -0.15) is 0 Å². The predicted molar refractivity (Wildman–Crippen MR) is 50.4 cm³/mol. The van der Waals surface area contributed by atoms with Crippen LogP contribution in [0, 0.1) is 0 Å². The standard InChI is InChI=1S/C8H6BrF2NO3/c9-1-3-4(13)2-12-6(7(10)11)5(3)8(14)15/h2,7,13H,1H2,(H,14,15). The largest absolute Gasteiger partial charge is 0.506 e. The van der Waals surface area contributed by atoms with Gasteiger partial charge in [0.05, 0.1) is 11.8 Å². The number of aromatic carboxylic acids is 1. The maximum absolute atomic E-state index is 12.4. The minimum absolute atomic E-state index is 0.0390. The molecule has 15 heavy (non-hydrogen) atoms. The van der Waals surface area contributed by atoms with Crippen molar-refractivity contribution < 1.29 is 23.8 Å². The quantitative estimate of drug-likeness (QED) is 0.835. The minimum atomic E-state index is -2.99. The van der Waals surface area contributed by atoms with Crippen molar-refractivity contribution in [1.82, 2.24) is 4.98 Å². The van der Waals surface area contributed by atoms with Gasteiger partial charge in [0.25, 0.3) is 6.43 Å². The maximum Gasteiger partial charge on any atom is 0.338 e. The zero-order valence-electron chi connectivity index (χ0n) is 7.25. The summed E-state index contributed by atoms with van der Waals surface area (Å²) in [6, 6.07) is 0. The summed E-state index contributed by atoms with van der Waals surface area (Å²) in [5.41, 5.74) is -1.59. The number of carboxylic acid groups (broad SMARTS) is 1. The third-order valence-electron chi connectivity index (χ3n) is 1.75. The number of aromatic nitrogens is 1. The zero-order valence-corrected chi connectivity index (χ0v) is 8.83. The van der Waals surface area contributed by atoms with E-state index in [9.17, 15) is 18.7 Å². The number of pyridine rings is 1. The Labute approximate surface area is 91.7 Å². The Bertz CT molecular complexity index is 398. The van der Waals surface area contributed by atoms with Gasteiger partial charge >= 0.3 is 5.97 Å². The molecular formula is C8H6BrF2NO3. The lowest BCUT2D eigenvalue weighted by molar-refractivity contribution is 0.0680. The van der Waals surface area contributed by atoms with Crippen LogP contribution in [-0.2, 0) is 5.33 Å². The molecule has 0 spiro atoms. The van der Waals surface area contributed by atoms with Crippen molar-refractivity contribution in [2.24, 2.45) is 0 Å². The van der Waals surface area contributed by atoms with E-state index < -0.39 is 29.4 Å². The average molecular weight is 282 g/mol. The second-order valence-corrected chi connectivity index (χ2v) is 3.18. The molecule has 0 amide bonds. The van der Waals surface area contributed by atoms with E-state index in [-0.39, 0.29) is 10.9 Å². The summed E-state index contributed by atoms with van der Waals surface area (Å²) >= 11 is 2.91. The molecule has 1 aromatic rings. The molecule has 0 aliphatic rings. The van der Waals surface area contributed by atoms with Crippen molar-refractivity contribution in [3.63, 3.8) is 0 Å². The Balaban J connectivity index is 3.49. The number of nitrogens with zero attached hydrogens (tertiary/aromatic N) is 1. The number of hydrogen-bond acceptors (Lipinski definition) is 3. The molecule has 0 aromatic carbocycles. The van der Waals surface area contributed by atoms with Crippen LogP contribution < -0.4 is 0 Å². The van der Waals surface area contributed by atoms with Crippen molar-refractivity contribution in [3.05, 3.63) is 23.0 Å². The first-order valence-corrected chi connectivity index (χ1v) is 4.89. The minimum Gasteiger partial charge on any atom is -0.506 e. The van der Waals surface area contributed by atoms with E-state index in [1.54, 1.807) is 0 Å². The number of carbonyl (C=O) groups is 1. The molecular weight excluding hydrogens is 276 g/mol. The first-order valence-electron chi connectivity index (χ1n) is 3.77. The summed E-state index contributed by atoms with van der Waals surface area (Å²) in [4.78, 5) is 14.0. The SMILES string of the molecule is O=C(O)c1c(C(F)F)ncc(O)c1CBr. The number of aromatic hydroxyl groups is 1. The predicted octanol–water partition coefficient (Wildman–Crippen LogP) is 2.32. The summed E-state index contributed by atoms with van der Waals surface area (Å²) in [7, 11) is 0. The first-order chi connectivity index (χ1) is 6.99. The highest BCUT2D eigenvalue weighted by Crippen LogP contribution is 2.30. The molecule has 1 rings (SSSR count). The maximum atomic E-state index is 12.4. The van der Waals surface area contributed by atoms with Gasteiger partial charge in [-0.1, -0.05) is 15.9 Å². The van der Waals surface area contributed by atoms with Gasteiger partial charge in [-0.15, -0.1) is 0 Å². The van der Waals surface area contributed by atoms with Crippen LogP contribution in [0.4, 0.5) is 8.78 Å². The normalized spacial score (nSPS) is 10.7. The summed E-state index contributed by atoms with van der Waals surface area (Å²) in [6.07, 6.45) is -2.18. The van der Waals surface area contributed by atoms with Gasteiger partial charge in [0, 0.05) is 10.9 Å². The van der Waals surface area contributed by atoms with E-state index in [0.717, 1.165) is 6.20 Å². The van der Waals surface area contributed by atoms with Crippen LogP contribution in [0.1, 0.15) is 28.0 Å². The van der Waals surface area contributed by atoms with Gasteiger partial charge in [-0.3, -0.25) is 4.98 Å². The van der Waals surface area contributed by atoms with E-state index in [1.807, 2.05) is 0 Å². The van der Waals surface area contributed by atoms with Crippen LogP contribution in [0.25, 0.3) is 0 Å². The molecule has 0 aliphatic carbocycles. The summed E-state index contributed by atoms with van der Waals surface area (Å²) < 4.78 is 24.8. The van der Waals surface area contributed by atoms with Crippen molar-refractivity contribution in [1.29, 1.82) is 0 Å². The Morgan fingerprint density at radius 3 is 2.60 bits per heavy atom. The van der Waals surface area contributed by atoms with E-state index >= 15 is 0 Å². The molecule has 7 heteroatoms. The number of hydrogen-bond donors (Lipinski definition) is 2. The van der Waals surface area contributed by atoms with E-state index in [2.05, 4.69) is 20.9 Å². The summed E-state index contributed by atoms with van der Waals surface area (Å²) in [5.74, 6) is -1.96. The molecule has 1 heterocycles. The molecule has 0 bridgehead atoms. The van der Waals surface area contributed by atoms with Gasteiger partial charge in [0.1, 0.15) is 11.4 Å². The molecule has 0 atom stereocenters. The van der Waals surface area contributed by atoms with Gasteiger partial charge in [0.2, 0.25) is 0 Å². The molecule has 0 aliphatic heterocycles. The Morgan fingerprint density at radius 2 is 2.20 bits per heavy atom. The van der Waals surface area contributed by atoms with Crippen LogP contribution in [0.15, 0.2) is 6.20 Å². The highest BCUT2D eigenvalue weighted by Gasteiger charge is 2.24. The molecule has 0 fully saturated rings. The lowest BCUT2D eigenvalue weighted by Crippen LogP contribution is -2.09. The van der Waals surface area contributed by atoms with Gasteiger partial charge < -0.3 is 10.2 Å². The molecule has 82 valence electrons. The van der Waals surface area contributed by atoms with E-state index in [4.69, 9.17) is 5.11 Å². The molecule has 0 saturated carbocycles. The first kappa shape index (κ1) is 11.8. The molecule has 1 aromatic heterocycles. The van der Waals surface area contributed by atoms with Gasteiger partial charge in [0.15, 0.2) is 0 Å². The van der Waals surface area contributed by atoms with E-state index in [0.29, 0.717) is 0 Å². The second kappa shape index (κ2) is 4.52. The highest BCUT2D eigenvalue weighted by molar-refractivity contribution is 9.08. The number of alkyl halides is 3. The second-order valence-electron chi connectivity index (χ2n) is 2.62. The number of rotatable bonds is 3. The fourth-order valence-electron chi connectivity index (χ4n) is 1.10. The molecule has 2 N–H and O–H groups in total. The fraction of sp³-hybridized carbons (Fsp3) is 0.250. The fourth-order valence-corrected chi connectivity index (χ4v) is 1.66. The smallest absolute Gasteiger partial charge is 0.338 e. The lowest BCUT2D eigenvalue weighted by atomic mass is 10.1. The summed E-state index contributed by atoms with van der Waals surface area (Å²) in [6.45, 7) is 0. The molecule has 0 unspecified atom stereocenters. The third-order valence-corrected chi connectivity index (χ3v) is 2.31. The van der Waals surface area contributed by atoms with Crippen molar-refractivity contribution in [2.75, 3.05) is 0 Å². The van der Waals surface area contributed by atoms with E-state index in [1.165, 1.54) is 0 Å². The molecule has 4 nitrogen and oxygen atoms in total. The third kappa shape index (κ3) is 2.23. The monoisotopic (exact) mass is 281 g/mol. The van der Waals surface area contributed by atoms with Crippen LogP contribution in [0.5, 0.6) is 5.75 Å². The Kier molecular flexibility index (Phi) is 3.57. The van der Waals surface area contributed by atoms with Crippen LogP contribution in [0.2, 0.25) is 0 Å². The van der Waals surface area contributed by atoms with Gasteiger partial charge in [-0.05, 0) is 0 Å². The Morgan fingerprint density at radius 1 is 1.60 bits per heavy atom. The van der Waals surface area contributed by atoms with Gasteiger partial charge in [-0.25, -0.2) is 13.6 Å². The molecule has 0 saturated heterocycles. The zero-order chi connectivity index (χ0) is 11.6. The summed E-state index contributed by atoms with van der Waals surface area (Å²) in [5, 5.41) is 18.0. The van der Waals surface area contributed by atoms with Crippen molar-refractivity contribution >= 4 is 21.9 Å². The van der Waals surface area contributed by atoms with Crippen LogP contribution in [0.3, 0.4) is 0 Å². The number of halogens is 3. The van der Waals surface area contributed by atoms with Crippen molar-refractivity contribution in [2.45, 2.75) is 11.8 Å². The van der Waals surface area contributed by atoms with Crippen LogP contribution in [-0.4, -0.2) is 21.2 Å². The molecule has 0 radical (unpaired) electrons. The average Bonchev–Trinajstić information content (AvgIpc) is 2.16. The topological polar surface area (TPSA) is 70.4 Å². The van der Waals surface area contributed by atoms with Crippen molar-refractivity contribution in [3.8, 4) is 5.75 Å². The van der Waals surface area contributed by atoms with Crippen LogP contribution >= 0.6 is 15.9 Å². The Hall–Kier alpha value is -1.24. The number of carboxylic acids is 1.